The average Bonchev–Trinajstić information content (AvgIpc) is 2.36. The molecular formula is C17H36O3. The van der Waals surface area contributed by atoms with Gasteiger partial charge < -0.3 is 14.2 Å². The quantitative estimate of drug-likeness (QED) is 0.604. The minimum atomic E-state index is -0.142. The van der Waals surface area contributed by atoms with Crippen molar-refractivity contribution in [2.45, 2.75) is 60.5 Å². The second kappa shape index (κ2) is 7.77. The molecule has 0 aliphatic heterocycles. The minimum absolute atomic E-state index is 0.0894. The highest BCUT2D eigenvalue weighted by atomic mass is 16.5. The summed E-state index contributed by atoms with van der Waals surface area (Å²) in [5.74, 6) is 0.468. The summed E-state index contributed by atoms with van der Waals surface area (Å²) in [5.41, 5.74) is -0.181. The van der Waals surface area contributed by atoms with E-state index in [1.165, 1.54) is 0 Å². The molecule has 0 saturated carbocycles. The standard InChI is InChI=1S/C17H36O3/c1-10-15(4,5)17(11-18-8,12-19-9)13-20-16(6,7)14(2)3/h14H,10-13H2,1-9H3. The minimum Gasteiger partial charge on any atom is -0.384 e. The normalized spacial score (nSPS) is 14.1. The van der Waals surface area contributed by atoms with Gasteiger partial charge in [0.05, 0.1) is 25.4 Å². The molecule has 0 aromatic carbocycles. The average molecular weight is 288 g/mol. The first-order valence-electron chi connectivity index (χ1n) is 7.70. The smallest absolute Gasteiger partial charge is 0.0649 e. The summed E-state index contributed by atoms with van der Waals surface area (Å²) in [4.78, 5) is 0. The Morgan fingerprint density at radius 2 is 1.30 bits per heavy atom. The van der Waals surface area contributed by atoms with E-state index in [4.69, 9.17) is 14.2 Å². The van der Waals surface area contributed by atoms with E-state index in [1.807, 2.05) is 0 Å². The maximum Gasteiger partial charge on any atom is 0.0649 e. The van der Waals surface area contributed by atoms with E-state index in [0.29, 0.717) is 25.7 Å². The molecule has 0 heterocycles. The molecule has 122 valence electrons. The van der Waals surface area contributed by atoms with Gasteiger partial charge in [0.2, 0.25) is 0 Å². The molecular weight excluding hydrogens is 252 g/mol. The topological polar surface area (TPSA) is 27.7 Å². The van der Waals surface area contributed by atoms with Crippen LogP contribution in [0.3, 0.4) is 0 Å². The van der Waals surface area contributed by atoms with Crippen molar-refractivity contribution in [1.29, 1.82) is 0 Å². The molecule has 0 radical (unpaired) electrons. The molecule has 20 heavy (non-hydrogen) atoms. The van der Waals surface area contributed by atoms with Gasteiger partial charge in [-0.15, -0.1) is 0 Å². The zero-order valence-electron chi connectivity index (χ0n) is 15.1. The fourth-order valence-corrected chi connectivity index (χ4v) is 2.13. The molecule has 0 saturated heterocycles. The lowest BCUT2D eigenvalue weighted by Crippen LogP contribution is -2.50. The van der Waals surface area contributed by atoms with Crippen LogP contribution in [0.1, 0.15) is 54.9 Å². The van der Waals surface area contributed by atoms with Crippen molar-refractivity contribution in [3.8, 4) is 0 Å². The van der Waals surface area contributed by atoms with Crippen molar-refractivity contribution < 1.29 is 14.2 Å². The Kier molecular flexibility index (Phi) is 7.72. The number of hydrogen-bond donors (Lipinski definition) is 0. The maximum absolute atomic E-state index is 6.29. The van der Waals surface area contributed by atoms with E-state index < -0.39 is 0 Å². The number of rotatable bonds is 10. The van der Waals surface area contributed by atoms with Gasteiger partial charge >= 0.3 is 0 Å². The van der Waals surface area contributed by atoms with Crippen LogP contribution in [0.5, 0.6) is 0 Å². The third kappa shape index (κ3) is 4.71. The lowest BCUT2D eigenvalue weighted by atomic mass is 9.65. The van der Waals surface area contributed by atoms with E-state index in [0.717, 1.165) is 6.42 Å². The number of ether oxygens (including phenoxy) is 3. The lowest BCUT2D eigenvalue weighted by molar-refractivity contribution is -0.158. The highest BCUT2D eigenvalue weighted by molar-refractivity contribution is 4.93. The molecule has 0 amide bonds. The fourth-order valence-electron chi connectivity index (χ4n) is 2.13. The second-order valence-corrected chi connectivity index (χ2v) is 7.43. The van der Waals surface area contributed by atoms with Gasteiger partial charge in [-0.05, 0) is 25.2 Å². The van der Waals surface area contributed by atoms with Gasteiger partial charge in [-0.1, -0.05) is 41.0 Å². The molecule has 0 atom stereocenters. The van der Waals surface area contributed by atoms with E-state index in [1.54, 1.807) is 14.2 Å². The van der Waals surface area contributed by atoms with Gasteiger partial charge in [-0.2, -0.15) is 0 Å². The first kappa shape index (κ1) is 19.9. The van der Waals surface area contributed by atoms with E-state index >= 15 is 0 Å². The Balaban J connectivity index is 5.21. The first-order chi connectivity index (χ1) is 9.08. The number of methoxy groups -OCH3 is 2. The van der Waals surface area contributed by atoms with Crippen molar-refractivity contribution in [3.63, 3.8) is 0 Å². The summed E-state index contributed by atoms with van der Waals surface area (Å²) in [6.07, 6.45) is 1.06. The van der Waals surface area contributed by atoms with E-state index in [-0.39, 0.29) is 16.4 Å². The Morgan fingerprint density at radius 3 is 1.60 bits per heavy atom. The Hall–Kier alpha value is -0.120. The molecule has 0 fully saturated rings. The van der Waals surface area contributed by atoms with Gasteiger partial charge in [0.25, 0.3) is 0 Å². The molecule has 0 rings (SSSR count). The van der Waals surface area contributed by atoms with Gasteiger partial charge in [-0.3, -0.25) is 0 Å². The predicted octanol–water partition coefficient (Wildman–Crippen LogP) is 4.15. The Labute approximate surface area is 126 Å². The van der Waals surface area contributed by atoms with Crippen LogP contribution < -0.4 is 0 Å². The Morgan fingerprint density at radius 1 is 0.850 bits per heavy atom. The van der Waals surface area contributed by atoms with E-state index in [9.17, 15) is 0 Å². The largest absolute Gasteiger partial charge is 0.384 e. The molecule has 0 unspecified atom stereocenters. The monoisotopic (exact) mass is 288 g/mol. The molecule has 3 nitrogen and oxygen atoms in total. The van der Waals surface area contributed by atoms with Crippen LogP contribution in [-0.2, 0) is 14.2 Å². The lowest BCUT2D eigenvalue weighted by Gasteiger charge is -2.47. The summed E-state index contributed by atoms with van der Waals surface area (Å²) in [5, 5.41) is 0. The molecule has 0 spiro atoms. The summed E-state index contributed by atoms with van der Waals surface area (Å²) in [7, 11) is 3.51. The van der Waals surface area contributed by atoms with Crippen LogP contribution >= 0.6 is 0 Å². The summed E-state index contributed by atoms with van der Waals surface area (Å²) >= 11 is 0. The van der Waals surface area contributed by atoms with Crippen LogP contribution in [0.15, 0.2) is 0 Å². The zero-order chi connectivity index (χ0) is 16.0. The summed E-state index contributed by atoms with van der Waals surface area (Å²) in [6.45, 7) is 17.4. The highest BCUT2D eigenvalue weighted by Gasteiger charge is 2.45. The molecule has 0 aliphatic rings. The fraction of sp³-hybridized carbons (Fsp3) is 1.00. The first-order valence-corrected chi connectivity index (χ1v) is 7.70. The highest BCUT2D eigenvalue weighted by Crippen LogP contribution is 2.43. The van der Waals surface area contributed by atoms with Crippen molar-refractivity contribution in [3.05, 3.63) is 0 Å². The summed E-state index contributed by atoms with van der Waals surface area (Å²) in [6, 6.07) is 0. The molecule has 0 aliphatic carbocycles. The SMILES string of the molecule is CCC(C)(C)C(COC)(COC)COC(C)(C)C(C)C. The molecule has 0 aromatic rings. The second-order valence-electron chi connectivity index (χ2n) is 7.43. The third-order valence-electron chi connectivity index (χ3n) is 5.27. The predicted molar refractivity (Wildman–Crippen MR) is 85.1 cm³/mol. The zero-order valence-corrected chi connectivity index (χ0v) is 15.1. The van der Waals surface area contributed by atoms with Gasteiger partial charge in [-0.25, -0.2) is 0 Å². The maximum atomic E-state index is 6.29. The van der Waals surface area contributed by atoms with Crippen molar-refractivity contribution in [2.24, 2.45) is 16.7 Å². The van der Waals surface area contributed by atoms with Crippen molar-refractivity contribution in [2.75, 3.05) is 34.0 Å². The van der Waals surface area contributed by atoms with Crippen LogP contribution in [0.4, 0.5) is 0 Å². The van der Waals surface area contributed by atoms with Crippen LogP contribution in [0.25, 0.3) is 0 Å². The van der Waals surface area contributed by atoms with Gasteiger partial charge in [0, 0.05) is 19.6 Å². The summed E-state index contributed by atoms with van der Waals surface area (Å²) < 4.78 is 17.3. The van der Waals surface area contributed by atoms with Gasteiger partial charge in [0.1, 0.15) is 0 Å². The molecule has 0 N–H and O–H groups in total. The van der Waals surface area contributed by atoms with Crippen LogP contribution in [-0.4, -0.2) is 39.6 Å². The van der Waals surface area contributed by atoms with E-state index in [2.05, 4.69) is 48.5 Å². The van der Waals surface area contributed by atoms with Crippen LogP contribution in [0.2, 0.25) is 0 Å². The molecule has 3 heteroatoms. The molecule has 0 bridgehead atoms. The van der Waals surface area contributed by atoms with Gasteiger partial charge in [0.15, 0.2) is 0 Å². The van der Waals surface area contributed by atoms with Crippen molar-refractivity contribution >= 4 is 0 Å². The third-order valence-corrected chi connectivity index (χ3v) is 5.27. The van der Waals surface area contributed by atoms with Crippen LogP contribution in [0, 0.1) is 16.7 Å². The molecule has 0 aromatic heterocycles. The number of hydrogen-bond acceptors (Lipinski definition) is 3. The Bertz CT molecular complexity index is 263. The van der Waals surface area contributed by atoms with Crippen molar-refractivity contribution in [1.82, 2.24) is 0 Å².